The lowest BCUT2D eigenvalue weighted by Crippen LogP contribution is -2.27. The molecule has 2 unspecified atom stereocenters. The highest BCUT2D eigenvalue weighted by molar-refractivity contribution is 5.81. The van der Waals surface area contributed by atoms with Gasteiger partial charge in [-0.05, 0) is 12.5 Å². The minimum atomic E-state index is -1.41. The van der Waals surface area contributed by atoms with Crippen molar-refractivity contribution in [2.24, 2.45) is 5.92 Å². The number of carbonyl (C=O) groups is 3. The van der Waals surface area contributed by atoms with Gasteiger partial charge in [0, 0.05) is 5.56 Å². The Bertz CT molecular complexity index is 496. The van der Waals surface area contributed by atoms with Crippen LogP contribution in [0.1, 0.15) is 35.4 Å². The van der Waals surface area contributed by atoms with Crippen molar-refractivity contribution in [3.8, 4) is 0 Å². The Kier molecular flexibility index (Phi) is 5.86. The Labute approximate surface area is 116 Å². The normalized spacial score (nSPS) is 13.3. The molecule has 2 atom stereocenters. The monoisotopic (exact) mass is 280 g/mol. The average molecular weight is 280 g/mol. The van der Waals surface area contributed by atoms with Crippen molar-refractivity contribution in [2.45, 2.75) is 19.4 Å². The highest BCUT2D eigenvalue weighted by Crippen LogP contribution is 2.28. The summed E-state index contributed by atoms with van der Waals surface area (Å²) in [6.07, 6.45) is -1.44. The van der Waals surface area contributed by atoms with Crippen LogP contribution in [0.5, 0.6) is 0 Å². The molecule has 1 aromatic carbocycles. The number of esters is 1. The number of aliphatic hydroxyl groups is 1. The van der Waals surface area contributed by atoms with E-state index in [-0.39, 0.29) is 17.7 Å². The van der Waals surface area contributed by atoms with Gasteiger partial charge in [0.05, 0.1) is 25.0 Å². The lowest BCUT2D eigenvalue weighted by molar-refractivity contribution is -0.157. The van der Waals surface area contributed by atoms with Gasteiger partial charge in [-0.15, -0.1) is 0 Å². The standard InChI is InChI=1S/C14H16O6/c1-2-20-14(19)11(7-12(16)17)13(18)10-6-4-3-5-9(10)8-15/h3-6,8,11,13,18H,2,7H2,1H3,(H,16,17). The summed E-state index contributed by atoms with van der Waals surface area (Å²) in [7, 11) is 0. The van der Waals surface area contributed by atoms with Gasteiger partial charge in [-0.25, -0.2) is 0 Å². The van der Waals surface area contributed by atoms with Crippen LogP contribution in [-0.4, -0.2) is 35.0 Å². The summed E-state index contributed by atoms with van der Waals surface area (Å²) < 4.78 is 4.77. The Morgan fingerprint density at radius 2 is 2.00 bits per heavy atom. The molecule has 0 saturated heterocycles. The molecule has 1 aromatic rings. The number of aliphatic carboxylic acids is 1. The number of ether oxygens (including phenoxy) is 1. The van der Waals surface area contributed by atoms with Gasteiger partial charge < -0.3 is 14.9 Å². The molecule has 0 spiro atoms. The second-order valence-electron chi connectivity index (χ2n) is 4.15. The molecule has 108 valence electrons. The van der Waals surface area contributed by atoms with E-state index in [0.29, 0.717) is 6.29 Å². The largest absolute Gasteiger partial charge is 0.481 e. The zero-order chi connectivity index (χ0) is 15.1. The highest BCUT2D eigenvalue weighted by atomic mass is 16.5. The van der Waals surface area contributed by atoms with Crippen molar-refractivity contribution in [1.29, 1.82) is 0 Å². The van der Waals surface area contributed by atoms with E-state index in [2.05, 4.69) is 0 Å². The Hall–Kier alpha value is -2.21. The number of carboxylic acids is 1. The smallest absolute Gasteiger partial charge is 0.312 e. The molecule has 0 heterocycles. The number of aliphatic hydroxyl groups excluding tert-OH is 1. The molecule has 0 aromatic heterocycles. The van der Waals surface area contributed by atoms with E-state index in [1.807, 2.05) is 0 Å². The van der Waals surface area contributed by atoms with Crippen LogP contribution >= 0.6 is 0 Å². The fraction of sp³-hybridized carbons (Fsp3) is 0.357. The number of hydrogen-bond acceptors (Lipinski definition) is 5. The molecule has 0 bridgehead atoms. The Balaban J connectivity index is 3.08. The first-order valence-electron chi connectivity index (χ1n) is 6.11. The second kappa shape index (κ2) is 7.40. The number of hydrogen-bond donors (Lipinski definition) is 2. The van der Waals surface area contributed by atoms with Crippen LogP contribution in [0.2, 0.25) is 0 Å². The van der Waals surface area contributed by atoms with E-state index >= 15 is 0 Å². The fourth-order valence-electron chi connectivity index (χ4n) is 1.87. The molecule has 0 amide bonds. The van der Waals surface area contributed by atoms with E-state index < -0.39 is 30.4 Å². The average Bonchev–Trinajstić information content (AvgIpc) is 2.44. The van der Waals surface area contributed by atoms with E-state index in [9.17, 15) is 19.5 Å². The number of benzene rings is 1. The fourth-order valence-corrected chi connectivity index (χ4v) is 1.87. The van der Waals surface area contributed by atoms with Crippen molar-refractivity contribution >= 4 is 18.2 Å². The third kappa shape index (κ3) is 3.89. The maximum atomic E-state index is 11.8. The summed E-state index contributed by atoms with van der Waals surface area (Å²) in [6, 6.07) is 6.15. The van der Waals surface area contributed by atoms with Crippen LogP contribution in [0.15, 0.2) is 24.3 Å². The topological polar surface area (TPSA) is 101 Å². The Morgan fingerprint density at radius 1 is 1.35 bits per heavy atom. The molecular formula is C14H16O6. The molecule has 0 aliphatic carbocycles. The first-order chi connectivity index (χ1) is 9.51. The first-order valence-corrected chi connectivity index (χ1v) is 6.11. The molecule has 6 heteroatoms. The van der Waals surface area contributed by atoms with Crippen molar-refractivity contribution in [3.63, 3.8) is 0 Å². The Morgan fingerprint density at radius 3 is 2.55 bits per heavy atom. The lowest BCUT2D eigenvalue weighted by atomic mass is 9.90. The molecule has 0 fully saturated rings. The van der Waals surface area contributed by atoms with Gasteiger partial charge in [-0.3, -0.25) is 14.4 Å². The van der Waals surface area contributed by atoms with Crippen LogP contribution < -0.4 is 0 Å². The van der Waals surface area contributed by atoms with Crippen LogP contribution in [0, 0.1) is 5.92 Å². The third-order valence-electron chi connectivity index (χ3n) is 2.81. The molecule has 6 nitrogen and oxygen atoms in total. The van der Waals surface area contributed by atoms with Crippen LogP contribution in [-0.2, 0) is 14.3 Å². The predicted molar refractivity (Wildman–Crippen MR) is 69.2 cm³/mol. The van der Waals surface area contributed by atoms with Gasteiger partial charge in [0.1, 0.15) is 6.29 Å². The maximum absolute atomic E-state index is 11.8. The van der Waals surface area contributed by atoms with E-state index in [0.717, 1.165) is 0 Å². The van der Waals surface area contributed by atoms with Gasteiger partial charge in [-0.1, -0.05) is 24.3 Å². The molecule has 0 aliphatic heterocycles. The second-order valence-corrected chi connectivity index (χ2v) is 4.15. The number of aldehydes is 1. The summed E-state index contributed by atoms with van der Waals surface area (Å²) in [5.41, 5.74) is 0.418. The van der Waals surface area contributed by atoms with Gasteiger partial charge in [-0.2, -0.15) is 0 Å². The van der Waals surface area contributed by atoms with Crippen molar-refractivity contribution < 1.29 is 29.3 Å². The molecule has 0 aliphatic rings. The molecule has 20 heavy (non-hydrogen) atoms. The minimum absolute atomic E-state index is 0.0804. The SMILES string of the molecule is CCOC(=O)C(CC(=O)O)C(O)c1ccccc1C=O. The van der Waals surface area contributed by atoms with E-state index in [1.54, 1.807) is 19.1 Å². The zero-order valence-corrected chi connectivity index (χ0v) is 11.0. The van der Waals surface area contributed by atoms with Gasteiger partial charge in [0.15, 0.2) is 0 Å². The van der Waals surface area contributed by atoms with E-state index in [1.165, 1.54) is 12.1 Å². The maximum Gasteiger partial charge on any atom is 0.312 e. The minimum Gasteiger partial charge on any atom is -0.481 e. The summed E-state index contributed by atoms with van der Waals surface area (Å²) in [5, 5.41) is 19.0. The molecule has 2 N–H and O–H groups in total. The summed E-state index contributed by atoms with van der Waals surface area (Å²) in [6.45, 7) is 1.67. The molecule has 1 rings (SSSR count). The van der Waals surface area contributed by atoms with Gasteiger partial charge in [0.25, 0.3) is 0 Å². The molecule has 0 saturated carbocycles. The van der Waals surface area contributed by atoms with Crippen LogP contribution in [0.3, 0.4) is 0 Å². The van der Waals surface area contributed by atoms with Crippen LogP contribution in [0.25, 0.3) is 0 Å². The summed E-state index contributed by atoms with van der Waals surface area (Å²) >= 11 is 0. The predicted octanol–water partition coefficient (Wildman–Crippen LogP) is 1.19. The quantitative estimate of drug-likeness (QED) is 0.574. The van der Waals surface area contributed by atoms with E-state index in [4.69, 9.17) is 9.84 Å². The number of carboxylic acid groups (broad SMARTS) is 1. The van der Waals surface area contributed by atoms with Crippen molar-refractivity contribution in [3.05, 3.63) is 35.4 Å². The summed E-state index contributed by atoms with van der Waals surface area (Å²) in [4.78, 5) is 33.5. The third-order valence-corrected chi connectivity index (χ3v) is 2.81. The van der Waals surface area contributed by atoms with Crippen molar-refractivity contribution in [2.75, 3.05) is 6.61 Å². The van der Waals surface area contributed by atoms with Crippen LogP contribution in [0.4, 0.5) is 0 Å². The van der Waals surface area contributed by atoms with Gasteiger partial charge in [0.2, 0.25) is 0 Å². The zero-order valence-electron chi connectivity index (χ0n) is 11.0. The summed E-state index contributed by atoms with van der Waals surface area (Å²) in [5.74, 6) is -3.29. The molecular weight excluding hydrogens is 264 g/mol. The molecule has 0 radical (unpaired) electrons. The highest BCUT2D eigenvalue weighted by Gasteiger charge is 2.32. The van der Waals surface area contributed by atoms with Gasteiger partial charge >= 0.3 is 11.9 Å². The number of rotatable bonds is 7. The number of carbonyl (C=O) groups excluding carboxylic acids is 2. The first kappa shape index (κ1) is 15.8. The lowest BCUT2D eigenvalue weighted by Gasteiger charge is -2.21. The van der Waals surface area contributed by atoms with Crippen molar-refractivity contribution in [1.82, 2.24) is 0 Å².